The first-order valence-corrected chi connectivity index (χ1v) is 5.57. The molecule has 1 heterocycles. The summed E-state index contributed by atoms with van der Waals surface area (Å²) in [5, 5.41) is 8.11. The fourth-order valence-electron chi connectivity index (χ4n) is 1.82. The lowest BCUT2D eigenvalue weighted by Gasteiger charge is -2.10. The Hall–Kier alpha value is -2.08. The van der Waals surface area contributed by atoms with Gasteiger partial charge in [-0.05, 0) is 12.2 Å². The fraction of sp³-hybridized carbons (Fsp3) is 0.333. The molecule has 0 fully saturated rings. The highest BCUT2D eigenvalue weighted by Gasteiger charge is 2.16. The Morgan fingerprint density at radius 3 is 2.67 bits per heavy atom. The number of hydrogen-bond acceptors (Lipinski definition) is 6. The highest BCUT2D eigenvalue weighted by Crippen LogP contribution is 2.27. The molecule has 6 nitrogen and oxygen atoms in total. The number of nitrogens with one attached hydrogen (secondary N) is 2. The van der Waals surface area contributed by atoms with Gasteiger partial charge in [0, 0.05) is 19.0 Å². The number of rotatable bonds is 4. The van der Waals surface area contributed by atoms with Gasteiger partial charge in [0.25, 0.3) is 0 Å². The number of hydrogen-bond donors (Lipinski definition) is 2. The average Bonchev–Trinajstić information content (AvgIpc) is 2.58. The molecule has 1 aliphatic rings. The van der Waals surface area contributed by atoms with Crippen LogP contribution in [0.4, 0.5) is 5.69 Å². The summed E-state index contributed by atoms with van der Waals surface area (Å²) in [6.45, 7) is 0. The summed E-state index contributed by atoms with van der Waals surface area (Å²) in [5.74, 6) is 1.37. The van der Waals surface area contributed by atoms with Crippen LogP contribution in [0.3, 0.4) is 0 Å². The zero-order chi connectivity index (χ0) is 13.0. The van der Waals surface area contributed by atoms with Crippen molar-refractivity contribution >= 4 is 11.8 Å². The third-order valence-electron chi connectivity index (χ3n) is 2.66. The largest absolute Gasteiger partial charge is 0.493 e. The van der Waals surface area contributed by atoms with E-state index in [2.05, 4.69) is 21.0 Å². The standard InChI is InChI=1S/C12H16N4O2/c1-13-15-10-7-14-16-9-4-5-11(17-2)12(18-3)6-8(9)10/h5-7,13H,4H2,1-3H3,(H,15,16). The second-order valence-corrected chi connectivity index (χ2v) is 3.68. The Morgan fingerprint density at radius 1 is 1.22 bits per heavy atom. The first kappa shape index (κ1) is 12.4. The van der Waals surface area contributed by atoms with Crippen molar-refractivity contribution in [2.45, 2.75) is 6.42 Å². The Kier molecular flexibility index (Phi) is 3.78. The molecule has 0 aromatic carbocycles. The van der Waals surface area contributed by atoms with E-state index in [0.717, 1.165) is 16.9 Å². The van der Waals surface area contributed by atoms with Crippen LogP contribution in [0.5, 0.6) is 0 Å². The Balaban J connectivity index is 2.50. The number of fused-ring (bicyclic) bond motifs is 1. The van der Waals surface area contributed by atoms with Crippen molar-refractivity contribution in [1.29, 1.82) is 0 Å². The molecule has 0 aliphatic heterocycles. The zero-order valence-electron chi connectivity index (χ0n) is 10.7. The first-order chi connectivity index (χ1) is 8.80. The molecule has 2 N–H and O–H groups in total. The van der Waals surface area contributed by atoms with Crippen LogP contribution >= 0.6 is 0 Å². The Bertz CT molecular complexity index is 497. The molecule has 96 valence electrons. The van der Waals surface area contributed by atoms with Gasteiger partial charge in [-0.3, -0.25) is 0 Å². The lowest BCUT2D eigenvalue weighted by atomic mass is 10.1. The minimum Gasteiger partial charge on any atom is -0.493 e. The first-order valence-electron chi connectivity index (χ1n) is 5.57. The summed E-state index contributed by atoms with van der Waals surface area (Å²) >= 11 is 0. The third kappa shape index (κ3) is 2.28. The molecule has 6 heteroatoms. The summed E-state index contributed by atoms with van der Waals surface area (Å²) < 4.78 is 10.6. The quantitative estimate of drug-likeness (QED) is 0.778. The number of nitrogens with zero attached hydrogens (tertiary/aromatic N) is 2. The molecular formula is C12H16N4O2. The van der Waals surface area contributed by atoms with Crippen molar-refractivity contribution in [3.63, 3.8) is 0 Å². The van der Waals surface area contributed by atoms with Crippen molar-refractivity contribution < 1.29 is 9.47 Å². The minimum atomic E-state index is 0.647. The predicted octanol–water partition coefficient (Wildman–Crippen LogP) is 1.10. The van der Waals surface area contributed by atoms with Crippen molar-refractivity contribution in [3.8, 4) is 0 Å². The molecular weight excluding hydrogens is 232 g/mol. The number of aromatic nitrogens is 2. The predicted molar refractivity (Wildman–Crippen MR) is 68.5 cm³/mol. The fourth-order valence-corrected chi connectivity index (χ4v) is 1.82. The van der Waals surface area contributed by atoms with E-state index >= 15 is 0 Å². The number of anilines is 1. The van der Waals surface area contributed by atoms with Gasteiger partial charge >= 0.3 is 0 Å². The molecule has 1 aromatic heterocycles. The van der Waals surface area contributed by atoms with Crippen molar-refractivity contribution in [3.05, 3.63) is 35.0 Å². The van der Waals surface area contributed by atoms with E-state index in [1.807, 2.05) is 12.2 Å². The van der Waals surface area contributed by atoms with Crippen LogP contribution in [0.15, 0.2) is 23.8 Å². The SMILES string of the molecule is CNNc1cnnc2c1C=C(OC)C(OC)=CC2. The van der Waals surface area contributed by atoms with Crippen molar-refractivity contribution in [1.82, 2.24) is 15.6 Å². The van der Waals surface area contributed by atoms with Crippen LogP contribution in [0.1, 0.15) is 11.3 Å². The molecule has 0 saturated carbocycles. The second kappa shape index (κ2) is 5.50. The molecule has 0 spiro atoms. The van der Waals surface area contributed by atoms with Crippen molar-refractivity contribution in [2.24, 2.45) is 0 Å². The smallest absolute Gasteiger partial charge is 0.161 e. The topological polar surface area (TPSA) is 68.3 Å². The highest BCUT2D eigenvalue weighted by molar-refractivity contribution is 5.70. The molecule has 0 saturated heterocycles. The molecule has 0 amide bonds. The van der Waals surface area contributed by atoms with Gasteiger partial charge in [0.15, 0.2) is 11.5 Å². The van der Waals surface area contributed by atoms with E-state index < -0.39 is 0 Å². The summed E-state index contributed by atoms with van der Waals surface area (Å²) in [5.41, 5.74) is 8.57. The van der Waals surface area contributed by atoms with Crippen LogP contribution in [0.2, 0.25) is 0 Å². The Morgan fingerprint density at radius 2 is 2.00 bits per heavy atom. The molecule has 1 aliphatic carbocycles. The summed E-state index contributed by atoms with van der Waals surface area (Å²) in [7, 11) is 5.03. The number of methoxy groups -OCH3 is 2. The number of ether oxygens (including phenoxy) is 2. The van der Waals surface area contributed by atoms with E-state index in [9.17, 15) is 0 Å². The van der Waals surface area contributed by atoms with Gasteiger partial charge in [-0.25, -0.2) is 5.43 Å². The van der Waals surface area contributed by atoms with Gasteiger partial charge in [-0.1, -0.05) is 0 Å². The highest BCUT2D eigenvalue weighted by atomic mass is 16.5. The molecule has 0 radical (unpaired) electrons. The van der Waals surface area contributed by atoms with E-state index in [4.69, 9.17) is 9.47 Å². The molecule has 0 unspecified atom stereocenters. The maximum atomic E-state index is 5.34. The van der Waals surface area contributed by atoms with Crippen LogP contribution in [0.25, 0.3) is 6.08 Å². The van der Waals surface area contributed by atoms with E-state index in [1.54, 1.807) is 27.5 Å². The van der Waals surface area contributed by atoms with Crippen LogP contribution in [0, 0.1) is 0 Å². The third-order valence-corrected chi connectivity index (χ3v) is 2.66. The van der Waals surface area contributed by atoms with Gasteiger partial charge in [0.1, 0.15) is 0 Å². The van der Waals surface area contributed by atoms with Gasteiger partial charge in [-0.15, -0.1) is 0 Å². The average molecular weight is 248 g/mol. The van der Waals surface area contributed by atoms with E-state index in [1.165, 1.54) is 0 Å². The molecule has 2 rings (SSSR count). The van der Waals surface area contributed by atoms with Crippen LogP contribution in [-0.2, 0) is 15.9 Å². The van der Waals surface area contributed by atoms with Gasteiger partial charge in [0.05, 0.1) is 31.8 Å². The van der Waals surface area contributed by atoms with Gasteiger partial charge < -0.3 is 14.9 Å². The molecule has 18 heavy (non-hydrogen) atoms. The molecule has 0 bridgehead atoms. The van der Waals surface area contributed by atoms with Gasteiger partial charge in [0.2, 0.25) is 0 Å². The number of allylic oxidation sites excluding steroid dienone is 1. The maximum absolute atomic E-state index is 5.34. The zero-order valence-corrected chi connectivity index (χ0v) is 10.7. The lowest BCUT2D eigenvalue weighted by molar-refractivity contribution is 0.222. The van der Waals surface area contributed by atoms with E-state index in [0.29, 0.717) is 17.9 Å². The summed E-state index contributed by atoms with van der Waals surface area (Å²) in [6.07, 6.45) is 6.13. The van der Waals surface area contributed by atoms with Crippen LogP contribution in [-0.4, -0.2) is 31.5 Å². The van der Waals surface area contributed by atoms with Crippen molar-refractivity contribution in [2.75, 3.05) is 26.7 Å². The maximum Gasteiger partial charge on any atom is 0.161 e. The molecule has 1 aromatic rings. The lowest BCUT2D eigenvalue weighted by Crippen LogP contribution is -2.17. The van der Waals surface area contributed by atoms with Crippen LogP contribution < -0.4 is 10.9 Å². The monoisotopic (exact) mass is 248 g/mol. The second-order valence-electron chi connectivity index (χ2n) is 3.68. The summed E-state index contributed by atoms with van der Waals surface area (Å²) in [6, 6.07) is 0. The normalized spacial score (nSPS) is 13.9. The summed E-state index contributed by atoms with van der Waals surface area (Å²) in [4.78, 5) is 0. The molecule has 0 atom stereocenters. The van der Waals surface area contributed by atoms with E-state index in [-0.39, 0.29) is 0 Å². The number of hydrazine groups is 1. The minimum absolute atomic E-state index is 0.647. The van der Waals surface area contributed by atoms with Gasteiger partial charge in [-0.2, -0.15) is 10.2 Å². The Labute approximate surface area is 106 Å².